The largest absolute Gasteiger partial charge is 0.495 e. The minimum absolute atomic E-state index is 0.0769. The maximum absolute atomic E-state index is 12.7. The van der Waals surface area contributed by atoms with Crippen LogP contribution in [-0.4, -0.2) is 33.0 Å². The van der Waals surface area contributed by atoms with Crippen LogP contribution < -0.4 is 10.1 Å². The molecule has 1 heterocycles. The SMILES string of the molecule is COc1ccccc1-n1cnnc1SC(C)C(=O)Nc1c(C)cccc1C. The molecule has 0 bridgehead atoms. The highest BCUT2D eigenvalue weighted by Crippen LogP contribution is 2.29. The van der Waals surface area contributed by atoms with Crippen molar-refractivity contribution in [1.29, 1.82) is 0 Å². The van der Waals surface area contributed by atoms with E-state index >= 15 is 0 Å². The minimum Gasteiger partial charge on any atom is -0.495 e. The molecule has 0 radical (unpaired) electrons. The van der Waals surface area contributed by atoms with Crippen LogP contribution in [-0.2, 0) is 4.79 Å². The van der Waals surface area contributed by atoms with Crippen LogP contribution in [0.4, 0.5) is 5.69 Å². The van der Waals surface area contributed by atoms with Gasteiger partial charge in [-0.25, -0.2) is 0 Å². The number of para-hydroxylation sites is 3. The summed E-state index contributed by atoms with van der Waals surface area (Å²) in [6.45, 7) is 5.83. The van der Waals surface area contributed by atoms with E-state index in [0.717, 1.165) is 22.5 Å². The molecule has 2 aromatic carbocycles. The zero-order valence-electron chi connectivity index (χ0n) is 15.8. The van der Waals surface area contributed by atoms with Gasteiger partial charge in [0.1, 0.15) is 12.1 Å². The third kappa shape index (κ3) is 4.14. The second-order valence-corrected chi connectivity index (χ2v) is 7.48. The van der Waals surface area contributed by atoms with Crippen molar-refractivity contribution in [3.05, 3.63) is 59.9 Å². The van der Waals surface area contributed by atoms with Crippen LogP contribution in [0.5, 0.6) is 5.75 Å². The molecule has 0 aliphatic heterocycles. The van der Waals surface area contributed by atoms with Gasteiger partial charge >= 0.3 is 0 Å². The summed E-state index contributed by atoms with van der Waals surface area (Å²) in [6.07, 6.45) is 1.62. The van der Waals surface area contributed by atoms with Crippen molar-refractivity contribution in [1.82, 2.24) is 14.8 Å². The van der Waals surface area contributed by atoms with Crippen molar-refractivity contribution >= 4 is 23.4 Å². The number of hydrogen-bond acceptors (Lipinski definition) is 5. The molecule has 1 amide bonds. The summed E-state index contributed by atoms with van der Waals surface area (Å²) in [7, 11) is 1.62. The van der Waals surface area contributed by atoms with Gasteiger partial charge in [0.15, 0.2) is 5.16 Å². The second kappa shape index (κ2) is 8.26. The van der Waals surface area contributed by atoms with E-state index in [1.807, 2.05) is 67.8 Å². The number of nitrogens with zero attached hydrogens (tertiary/aromatic N) is 3. The summed E-state index contributed by atoms with van der Waals surface area (Å²) >= 11 is 1.35. The van der Waals surface area contributed by atoms with Gasteiger partial charge in [0, 0.05) is 5.69 Å². The summed E-state index contributed by atoms with van der Waals surface area (Å²) in [6, 6.07) is 13.6. The molecule has 0 fully saturated rings. The van der Waals surface area contributed by atoms with Crippen LogP contribution in [0.1, 0.15) is 18.1 Å². The molecule has 0 spiro atoms. The maximum atomic E-state index is 12.7. The van der Waals surface area contributed by atoms with E-state index in [1.165, 1.54) is 11.8 Å². The van der Waals surface area contributed by atoms with Gasteiger partial charge in [-0.15, -0.1) is 10.2 Å². The lowest BCUT2D eigenvalue weighted by molar-refractivity contribution is -0.115. The predicted octanol–water partition coefficient (Wildman–Crippen LogP) is 4.01. The summed E-state index contributed by atoms with van der Waals surface area (Å²) in [4.78, 5) is 12.7. The van der Waals surface area contributed by atoms with Crippen LogP contribution in [0.2, 0.25) is 0 Å². The van der Waals surface area contributed by atoms with Crippen molar-refractivity contribution in [3.8, 4) is 11.4 Å². The minimum atomic E-state index is -0.346. The number of nitrogens with one attached hydrogen (secondary N) is 1. The Morgan fingerprint density at radius 3 is 2.56 bits per heavy atom. The fraction of sp³-hybridized carbons (Fsp3) is 0.250. The number of aryl methyl sites for hydroxylation is 2. The zero-order chi connectivity index (χ0) is 19.4. The third-order valence-corrected chi connectivity index (χ3v) is 5.30. The number of benzene rings is 2. The third-order valence-electron chi connectivity index (χ3n) is 4.24. The summed E-state index contributed by atoms with van der Waals surface area (Å²) in [5, 5.41) is 11.5. The number of carbonyl (C=O) groups is 1. The number of thioether (sulfide) groups is 1. The molecule has 27 heavy (non-hydrogen) atoms. The standard InChI is InChI=1S/C20H22N4O2S/c1-13-8-7-9-14(2)18(13)22-19(25)15(3)27-20-23-21-12-24(20)16-10-5-6-11-17(16)26-4/h5-12,15H,1-4H3,(H,22,25). The monoisotopic (exact) mass is 382 g/mol. The van der Waals surface area contributed by atoms with Crippen molar-refractivity contribution in [2.24, 2.45) is 0 Å². The van der Waals surface area contributed by atoms with Crippen LogP contribution >= 0.6 is 11.8 Å². The van der Waals surface area contributed by atoms with E-state index in [0.29, 0.717) is 10.9 Å². The van der Waals surface area contributed by atoms with E-state index in [2.05, 4.69) is 15.5 Å². The molecule has 0 aliphatic rings. The number of carbonyl (C=O) groups excluding carboxylic acids is 1. The quantitative estimate of drug-likeness (QED) is 0.652. The van der Waals surface area contributed by atoms with E-state index in [4.69, 9.17) is 4.74 Å². The Morgan fingerprint density at radius 2 is 1.85 bits per heavy atom. The molecule has 0 saturated carbocycles. The van der Waals surface area contributed by atoms with Gasteiger partial charge in [0.05, 0.1) is 18.0 Å². The Balaban J connectivity index is 1.78. The summed E-state index contributed by atoms with van der Waals surface area (Å²) < 4.78 is 7.24. The topological polar surface area (TPSA) is 69.0 Å². The van der Waals surface area contributed by atoms with Gasteiger partial charge in [-0.1, -0.05) is 42.1 Å². The first-order valence-corrected chi connectivity index (χ1v) is 9.46. The molecular weight excluding hydrogens is 360 g/mol. The van der Waals surface area contributed by atoms with Crippen molar-refractivity contribution in [3.63, 3.8) is 0 Å². The van der Waals surface area contributed by atoms with Gasteiger partial charge in [-0.2, -0.15) is 0 Å². The van der Waals surface area contributed by atoms with Gasteiger partial charge in [-0.3, -0.25) is 9.36 Å². The first-order chi connectivity index (χ1) is 13.0. The van der Waals surface area contributed by atoms with Crippen LogP contribution in [0.3, 0.4) is 0 Å². The lowest BCUT2D eigenvalue weighted by Crippen LogP contribution is -2.23. The molecule has 0 saturated heterocycles. The molecule has 0 aliphatic carbocycles. The Bertz CT molecular complexity index is 934. The van der Waals surface area contributed by atoms with Gasteiger partial charge in [0.2, 0.25) is 5.91 Å². The highest BCUT2D eigenvalue weighted by atomic mass is 32.2. The molecule has 6 nitrogen and oxygen atoms in total. The van der Waals surface area contributed by atoms with E-state index < -0.39 is 0 Å². The molecule has 1 N–H and O–H groups in total. The zero-order valence-corrected chi connectivity index (χ0v) is 16.6. The number of rotatable bonds is 6. The van der Waals surface area contributed by atoms with E-state index in [9.17, 15) is 4.79 Å². The normalized spacial score (nSPS) is 11.9. The summed E-state index contributed by atoms with van der Waals surface area (Å²) in [5.74, 6) is 0.638. The first-order valence-electron chi connectivity index (χ1n) is 8.58. The van der Waals surface area contributed by atoms with E-state index in [-0.39, 0.29) is 11.2 Å². The summed E-state index contributed by atoms with van der Waals surface area (Å²) in [5.41, 5.74) is 3.77. The molecule has 1 aromatic heterocycles. The molecule has 1 unspecified atom stereocenters. The number of hydrogen-bond donors (Lipinski definition) is 1. The fourth-order valence-electron chi connectivity index (χ4n) is 2.75. The smallest absolute Gasteiger partial charge is 0.237 e. The van der Waals surface area contributed by atoms with Crippen molar-refractivity contribution < 1.29 is 9.53 Å². The molecule has 140 valence electrons. The fourth-order valence-corrected chi connectivity index (χ4v) is 3.58. The van der Waals surface area contributed by atoms with Gasteiger partial charge in [-0.05, 0) is 44.0 Å². The first kappa shape index (κ1) is 19.0. The maximum Gasteiger partial charge on any atom is 0.237 e. The molecule has 1 atom stereocenters. The second-order valence-electron chi connectivity index (χ2n) is 6.17. The number of anilines is 1. The van der Waals surface area contributed by atoms with E-state index in [1.54, 1.807) is 13.4 Å². The average molecular weight is 382 g/mol. The Morgan fingerprint density at radius 1 is 1.15 bits per heavy atom. The number of aromatic nitrogens is 3. The Hall–Kier alpha value is -2.80. The van der Waals surface area contributed by atoms with Crippen LogP contribution in [0, 0.1) is 13.8 Å². The lowest BCUT2D eigenvalue weighted by atomic mass is 10.1. The Kier molecular flexibility index (Phi) is 5.81. The van der Waals surface area contributed by atoms with Crippen molar-refractivity contribution in [2.45, 2.75) is 31.2 Å². The average Bonchev–Trinajstić information content (AvgIpc) is 3.12. The number of methoxy groups -OCH3 is 1. The lowest BCUT2D eigenvalue weighted by Gasteiger charge is -2.16. The van der Waals surface area contributed by atoms with Crippen LogP contribution in [0.25, 0.3) is 5.69 Å². The van der Waals surface area contributed by atoms with Crippen molar-refractivity contribution in [2.75, 3.05) is 12.4 Å². The number of ether oxygens (including phenoxy) is 1. The van der Waals surface area contributed by atoms with Gasteiger partial charge in [0.25, 0.3) is 0 Å². The predicted molar refractivity (Wildman–Crippen MR) is 108 cm³/mol. The highest BCUT2D eigenvalue weighted by Gasteiger charge is 2.20. The molecule has 7 heteroatoms. The van der Waals surface area contributed by atoms with Gasteiger partial charge < -0.3 is 10.1 Å². The Labute approximate surface area is 163 Å². The number of amides is 1. The molecule has 3 aromatic rings. The highest BCUT2D eigenvalue weighted by molar-refractivity contribution is 8.00. The van der Waals surface area contributed by atoms with Crippen LogP contribution in [0.15, 0.2) is 53.9 Å². The molecular formula is C20H22N4O2S. The molecule has 3 rings (SSSR count).